The standard InChI is InChI=1S/C18H27N5O/c1-22-9-11-23(12-10-22)18-20-16-15(17(24)21-18)14(7-8-19-16)13-5-3-2-4-6-13/h2-6,14-16,18-20H,7-12H2,1H3,(H,21,24). The minimum Gasteiger partial charge on any atom is -0.328 e. The predicted octanol–water partition coefficient (Wildman–Crippen LogP) is -0.0438. The highest BCUT2D eigenvalue weighted by molar-refractivity contribution is 5.81. The Bertz CT molecular complexity index is 572. The molecule has 6 heteroatoms. The zero-order chi connectivity index (χ0) is 16.5. The molecule has 130 valence electrons. The van der Waals surface area contributed by atoms with Crippen molar-refractivity contribution in [2.45, 2.75) is 24.8 Å². The molecule has 24 heavy (non-hydrogen) atoms. The van der Waals surface area contributed by atoms with Crippen molar-refractivity contribution in [1.82, 2.24) is 25.8 Å². The van der Waals surface area contributed by atoms with E-state index in [0.29, 0.717) is 0 Å². The van der Waals surface area contributed by atoms with Gasteiger partial charge in [0.15, 0.2) is 0 Å². The third-order valence-electron chi connectivity index (χ3n) is 5.66. The van der Waals surface area contributed by atoms with E-state index in [0.717, 1.165) is 39.1 Å². The summed E-state index contributed by atoms with van der Waals surface area (Å²) < 4.78 is 0. The van der Waals surface area contributed by atoms with Gasteiger partial charge in [-0.1, -0.05) is 30.3 Å². The zero-order valence-electron chi connectivity index (χ0n) is 14.2. The molecule has 1 amide bonds. The van der Waals surface area contributed by atoms with E-state index in [1.165, 1.54) is 5.56 Å². The SMILES string of the molecule is CN1CCN(C2NC(=O)C3C(NCCC3c3ccccc3)N2)CC1. The molecule has 0 spiro atoms. The molecule has 4 unspecified atom stereocenters. The lowest BCUT2D eigenvalue weighted by Gasteiger charge is -2.48. The van der Waals surface area contributed by atoms with Crippen LogP contribution in [0.5, 0.6) is 0 Å². The van der Waals surface area contributed by atoms with E-state index in [2.05, 4.69) is 57.1 Å². The van der Waals surface area contributed by atoms with E-state index in [1.54, 1.807) is 0 Å². The summed E-state index contributed by atoms with van der Waals surface area (Å²) in [4.78, 5) is 17.6. The number of nitrogens with one attached hydrogen (secondary N) is 3. The number of piperidine rings is 1. The molecule has 4 atom stereocenters. The number of benzene rings is 1. The predicted molar refractivity (Wildman–Crippen MR) is 93.2 cm³/mol. The molecule has 3 heterocycles. The summed E-state index contributed by atoms with van der Waals surface area (Å²) in [6.45, 7) is 4.99. The second-order valence-electron chi connectivity index (χ2n) is 7.18. The van der Waals surface area contributed by atoms with Gasteiger partial charge in [0.25, 0.3) is 0 Å². The van der Waals surface area contributed by atoms with Crippen molar-refractivity contribution >= 4 is 5.91 Å². The number of carbonyl (C=O) groups excluding carboxylic acids is 1. The van der Waals surface area contributed by atoms with Crippen LogP contribution in [0.1, 0.15) is 17.9 Å². The fraction of sp³-hybridized carbons (Fsp3) is 0.611. The summed E-state index contributed by atoms with van der Waals surface area (Å²) >= 11 is 0. The molecular weight excluding hydrogens is 302 g/mol. The van der Waals surface area contributed by atoms with Crippen molar-refractivity contribution in [3.8, 4) is 0 Å². The van der Waals surface area contributed by atoms with Crippen molar-refractivity contribution in [1.29, 1.82) is 0 Å². The lowest BCUT2D eigenvalue weighted by Crippen LogP contribution is -2.73. The number of carbonyl (C=O) groups is 1. The van der Waals surface area contributed by atoms with E-state index in [9.17, 15) is 4.79 Å². The Morgan fingerprint density at radius 3 is 2.58 bits per heavy atom. The van der Waals surface area contributed by atoms with Crippen molar-refractivity contribution < 1.29 is 4.79 Å². The van der Waals surface area contributed by atoms with Crippen LogP contribution < -0.4 is 16.0 Å². The number of nitrogens with zero attached hydrogens (tertiary/aromatic N) is 2. The van der Waals surface area contributed by atoms with Crippen molar-refractivity contribution in [3.63, 3.8) is 0 Å². The third kappa shape index (κ3) is 3.07. The minimum atomic E-state index is -0.0607. The zero-order valence-corrected chi connectivity index (χ0v) is 14.2. The summed E-state index contributed by atoms with van der Waals surface area (Å²) in [6.07, 6.45) is 0.983. The van der Waals surface area contributed by atoms with E-state index < -0.39 is 0 Å². The molecular formula is C18H27N5O. The highest BCUT2D eigenvalue weighted by atomic mass is 16.2. The molecule has 0 bridgehead atoms. The fourth-order valence-electron chi connectivity index (χ4n) is 4.22. The second-order valence-corrected chi connectivity index (χ2v) is 7.18. The van der Waals surface area contributed by atoms with Crippen LogP contribution in [-0.2, 0) is 4.79 Å². The number of amides is 1. The number of fused-ring (bicyclic) bond motifs is 1. The molecule has 3 saturated heterocycles. The monoisotopic (exact) mass is 329 g/mol. The molecule has 6 nitrogen and oxygen atoms in total. The van der Waals surface area contributed by atoms with E-state index >= 15 is 0 Å². The van der Waals surface area contributed by atoms with E-state index in [1.807, 2.05) is 6.07 Å². The van der Waals surface area contributed by atoms with Gasteiger partial charge < -0.3 is 15.5 Å². The largest absolute Gasteiger partial charge is 0.328 e. The molecule has 0 aliphatic carbocycles. The Morgan fingerprint density at radius 2 is 1.83 bits per heavy atom. The molecule has 3 N–H and O–H groups in total. The van der Waals surface area contributed by atoms with Crippen LogP contribution in [0.25, 0.3) is 0 Å². The average molecular weight is 329 g/mol. The van der Waals surface area contributed by atoms with Gasteiger partial charge in [0.05, 0.1) is 12.1 Å². The van der Waals surface area contributed by atoms with Gasteiger partial charge in [-0.25, -0.2) is 0 Å². The van der Waals surface area contributed by atoms with Crippen LogP contribution in [-0.4, -0.2) is 67.9 Å². The number of hydrogen-bond acceptors (Lipinski definition) is 5. The Balaban J connectivity index is 1.49. The van der Waals surface area contributed by atoms with Gasteiger partial charge >= 0.3 is 0 Å². The Kier molecular flexibility index (Phi) is 4.54. The molecule has 0 aromatic heterocycles. The van der Waals surface area contributed by atoms with E-state index in [4.69, 9.17) is 0 Å². The summed E-state index contributed by atoms with van der Waals surface area (Å²) in [7, 11) is 2.15. The van der Waals surface area contributed by atoms with Gasteiger partial charge in [-0.2, -0.15) is 0 Å². The molecule has 3 aliphatic heterocycles. The van der Waals surface area contributed by atoms with Crippen LogP contribution in [0.4, 0.5) is 0 Å². The highest BCUT2D eigenvalue weighted by Crippen LogP contribution is 2.34. The summed E-state index contributed by atoms with van der Waals surface area (Å²) in [5.41, 5.74) is 1.27. The van der Waals surface area contributed by atoms with Gasteiger partial charge in [-0.05, 0) is 31.5 Å². The quantitative estimate of drug-likeness (QED) is 0.711. The Labute approximate surface area is 143 Å². The maximum atomic E-state index is 12.9. The first-order valence-corrected chi connectivity index (χ1v) is 9.00. The van der Waals surface area contributed by atoms with Crippen LogP contribution in [0.2, 0.25) is 0 Å². The molecule has 0 saturated carbocycles. The number of likely N-dealkylation sites (N-methyl/N-ethyl adjacent to an activating group) is 1. The van der Waals surface area contributed by atoms with Gasteiger partial charge in [-0.3, -0.25) is 15.0 Å². The Morgan fingerprint density at radius 1 is 1.08 bits per heavy atom. The first-order chi connectivity index (χ1) is 11.7. The normalized spacial score (nSPS) is 35.3. The smallest absolute Gasteiger partial charge is 0.228 e. The summed E-state index contributed by atoms with van der Waals surface area (Å²) in [5, 5.41) is 10.4. The van der Waals surface area contributed by atoms with Gasteiger partial charge in [0.2, 0.25) is 5.91 Å². The van der Waals surface area contributed by atoms with Crippen LogP contribution in [0.3, 0.4) is 0 Å². The van der Waals surface area contributed by atoms with Crippen molar-refractivity contribution in [3.05, 3.63) is 35.9 Å². The minimum absolute atomic E-state index is 0.0439. The molecule has 1 aromatic rings. The lowest BCUT2D eigenvalue weighted by molar-refractivity contribution is -0.136. The number of piperazine rings is 1. The van der Waals surface area contributed by atoms with Crippen molar-refractivity contribution in [2.75, 3.05) is 39.8 Å². The average Bonchev–Trinajstić information content (AvgIpc) is 2.62. The maximum absolute atomic E-state index is 12.9. The maximum Gasteiger partial charge on any atom is 0.228 e. The van der Waals surface area contributed by atoms with Crippen molar-refractivity contribution in [2.24, 2.45) is 5.92 Å². The first-order valence-electron chi connectivity index (χ1n) is 9.00. The van der Waals surface area contributed by atoms with Crippen LogP contribution >= 0.6 is 0 Å². The highest BCUT2D eigenvalue weighted by Gasteiger charge is 2.44. The number of hydrogen-bond donors (Lipinski definition) is 3. The van der Waals surface area contributed by atoms with Crippen LogP contribution in [0.15, 0.2) is 30.3 Å². The molecule has 0 radical (unpaired) electrons. The lowest BCUT2D eigenvalue weighted by atomic mass is 9.78. The molecule has 1 aromatic carbocycles. The number of rotatable bonds is 2. The summed E-state index contributed by atoms with van der Waals surface area (Å²) in [6, 6.07) is 10.4. The molecule has 4 rings (SSSR count). The van der Waals surface area contributed by atoms with Gasteiger partial charge in [0, 0.05) is 26.2 Å². The topological polar surface area (TPSA) is 59.6 Å². The van der Waals surface area contributed by atoms with Gasteiger partial charge in [-0.15, -0.1) is 0 Å². The van der Waals surface area contributed by atoms with Crippen LogP contribution in [0, 0.1) is 5.92 Å². The fourth-order valence-corrected chi connectivity index (χ4v) is 4.22. The Hall–Kier alpha value is -1.47. The second kappa shape index (κ2) is 6.80. The molecule has 3 fully saturated rings. The van der Waals surface area contributed by atoms with Gasteiger partial charge in [0.1, 0.15) is 6.29 Å². The molecule has 3 aliphatic rings. The third-order valence-corrected chi connectivity index (χ3v) is 5.66. The first kappa shape index (κ1) is 16.0. The summed E-state index contributed by atoms with van der Waals surface area (Å²) in [5.74, 6) is 0.395. The van der Waals surface area contributed by atoms with E-state index in [-0.39, 0.29) is 30.2 Å².